The molecule has 4 nitrogen and oxygen atoms in total. The Morgan fingerprint density at radius 2 is 1.57 bits per heavy atom. The van der Waals surface area contributed by atoms with E-state index >= 15 is 0 Å². The molecular formula is C11H15F6NO3. The Morgan fingerprint density at radius 3 is 2.00 bits per heavy atom. The number of esters is 1. The molecule has 0 atom stereocenters. The highest BCUT2D eigenvalue weighted by Crippen LogP contribution is 2.50. The van der Waals surface area contributed by atoms with E-state index < -0.39 is 30.3 Å². The number of morpholine rings is 1. The zero-order chi connectivity index (χ0) is 16.3. The Bertz CT molecular complexity index is 348. The van der Waals surface area contributed by atoms with Crippen LogP contribution < -0.4 is 0 Å². The number of nitrogens with zero attached hydrogens (tertiary/aromatic N) is 1. The molecule has 0 N–H and O–H groups in total. The maximum Gasteiger partial charge on any atom is 0.413 e. The second-order valence-electron chi connectivity index (χ2n) is 4.71. The van der Waals surface area contributed by atoms with Gasteiger partial charge in [0.05, 0.1) is 13.2 Å². The Kier molecular flexibility index (Phi) is 5.48. The van der Waals surface area contributed by atoms with Gasteiger partial charge in [-0.05, 0) is 6.92 Å². The molecule has 0 saturated carbocycles. The largest absolute Gasteiger partial charge is 0.463 e. The molecule has 0 unspecified atom stereocenters. The fourth-order valence-electron chi connectivity index (χ4n) is 1.63. The van der Waals surface area contributed by atoms with E-state index in [0.717, 1.165) is 0 Å². The number of hydrogen-bond donors (Lipinski definition) is 0. The van der Waals surface area contributed by atoms with Crippen molar-refractivity contribution < 1.29 is 40.6 Å². The number of carbonyl (C=O) groups is 1. The third kappa shape index (κ3) is 4.00. The zero-order valence-corrected chi connectivity index (χ0v) is 11.2. The predicted molar refractivity (Wildman–Crippen MR) is 58.4 cm³/mol. The Balaban J connectivity index is 2.62. The van der Waals surface area contributed by atoms with Crippen molar-refractivity contribution in [3.05, 3.63) is 0 Å². The molecule has 0 aromatic heterocycles. The van der Waals surface area contributed by atoms with Crippen LogP contribution in [0.5, 0.6) is 0 Å². The standard InChI is InChI=1S/C11H15F6NO3/c1-9(10(12,13)14,11(15,16)17)8(19)21-7-4-18-2-5-20-6-3-18/h2-7H2,1H3. The minimum absolute atomic E-state index is 0.0564. The van der Waals surface area contributed by atoms with Crippen LogP contribution >= 0.6 is 0 Å². The third-order valence-corrected chi connectivity index (χ3v) is 3.29. The summed E-state index contributed by atoms with van der Waals surface area (Å²) >= 11 is 0. The van der Waals surface area contributed by atoms with Crippen molar-refractivity contribution in [1.29, 1.82) is 0 Å². The second-order valence-corrected chi connectivity index (χ2v) is 4.71. The van der Waals surface area contributed by atoms with Crippen molar-refractivity contribution >= 4 is 5.97 Å². The summed E-state index contributed by atoms with van der Waals surface area (Å²) in [5.74, 6) is -2.34. The molecule has 10 heteroatoms. The second kappa shape index (κ2) is 6.39. The topological polar surface area (TPSA) is 38.8 Å². The normalized spacial score (nSPS) is 18.6. The lowest BCUT2D eigenvalue weighted by molar-refractivity contribution is -0.326. The smallest absolute Gasteiger partial charge is 0.413 e. The van der Waals surface area contributed by atoms with Crippen LogP contribution in [0.4, 0.5) is 26.3 Å². The van der Waals surface area contributed by atoms with Gasteiger partial charge in [-0.25, -0.2) is 0 Å². The molecule has 1 saturated heterocycles. The minimum Gasteiger partial charge on any atom is -0.463 e. The van der Waals surface area contributed by atoms with Gasteiger partial charge in [0.15, 0.2) is 0 Å². The fraction of sp³-hybridized carbons (Fsp3) is 0.909. The summed E-state index contributed by atoms with van der Waals surface area (Å²) in [4.78, 5) is 13.0. The Morgan fingerprint density at radius 1 is 1.10 bits per heavy atom. The number of alkyl halides is 6. The molecule has 21 heavy (non-hydrogen) atoms. The number of carbonyl (C=O) groups excluding carboxylic acids is 1. The van der Waals surface area contributed by atoms with E-state index in [4.69, 9.17) is 4.74 Å². The minimum atomic E-state index is -5.78. The van der Waals surface area contributed by atoms with Gasteiger partial charge < -0.3 is 9.47 Å². The lowest BCUT2D eigenvalue weighted by Crippen LogP contribution is -2.54. The van der Waals surface area contributed by atoms with Gasteiger partial charge in [0, 0.05) is 19.6 Å². The first-order valence-electron chi connectivity index (χ1n) is 6.11. The van der Waals surface area contributed by atoms with Crippen LogP contribution in [0.2, 0.25) is 0 Å². The molecule has 1 aliphatic heterocycles. The van der Waals surface area contributed by atoms with Crippen molar-refractivity contribution in [3.8, 4) is 0 Å². The van der Waals surface area contributed by atoms with E-state index in [-0.39, 0.29) is 13.5 Å². The molecule has 0 radical (unpaired) electrons. The predicted octanol–water partition coefficient (Wildman–Crippen LogP) is 1.99. The third-order valence-electron chi connectivity index (χ3n) is 3.29. The van der Waals surface area contributed by atoms with Crippen LogP contribution in [0.1, 0.15) is 6.92 Å². The van der Waals surface area contributed by atoms with Gasteiger partial charge in [-0.1, -0.05) is 0 Å². The van der Waals surface area contributed by atoms with Gasteiger partial charge in [-0.2, -0.15) is 26.3 Å². The van der Waals surface area contributed by atoms with Crippen LogP contribution in [0.3, 0.4) is 0 Å². The summed E-state index contributed by atoms with van der Waals surface area (Å²) in [6.45, 7) is 1.08. The van der Waals surface area contributed by atoms with Crippen LogP contribution in [-0.4, -0.2) is 62.7 Å². The molecule has 0 aromatic rings. The quantitative estimate of drug-likeness (QED) is 0.586. The van der Waals surface area contributed by atoms with Crippen LogP contribution in [0, 0.1) is 5.41 Å². The molecule has 0 amide bonds. The summed E-state index contributed by atoms with van der Waals surface area (Å²) < 4.78 is 84.7. The SMILES string of the molecule is CC(C(=O)OCCN1CCOCC1)(C(F)(F)F)C(F)(F)F. The molecule has 0 bridgehead atoms. The molecule has 1 aliphatic rings. The van der Waals surface area contributed by atoms with Gasteiger partial charge in [-0.15, -0.1) is 0 Å². The fourth-order valence-corrected chi connectivity index (χ4v) is 1.63. The summed E-state index contributed by atoms with van der Waals surface area (Å²) in [7, 11) is 0. The molecule has 1 fully saturated rings. The lowest BCUT2D eigenvalue weighted by atomic mass is 9.89. The van der Waals surface area contributed by atoms with Crippen molar-refractivity contribution in [3.63, 3.8) is 0 Å². The summed E-state index contributed by atoms with van der Waals surface area (Å²) in [5, 5.41) is 0. The molecule has 124 valence electrons. The van der Waals surface area contributed by atoms with Crippen molar-refractivity contribution in [2.75, 3.05) is 39.5 Å². The van der Waals surface area contributed by atoms with Crippen LogP contribution in [0.25, 0.3) is 0 Å². The summed E-state index contributed by atoms with van der Waals surface area (Å²) in [6.07, 6.45) is -11.6. The first-order valence-corrected chi connectivity index (χ1v) is 6.11. The number of halogens is 6. The van der Waals surface area contributed by atoms with Crippen molar-refractivity contribution in [2.24, 2.45) is 5.41 Å². The van der Waals surface area contributed by atoms with E-state index in [2.05, 4.69) is 4.74 Å². The molecule has 0 spiro atoms. The van der Waals surface area contributed by atoms with Gasteiger partial charge >= 0.3 is 18.3 Å². The maximum absolute atomic E-state index is 12.6. The van der Waals surface area contributed by atoms with Crippen molar-refractivity contribution in [2.45, 2.75) is 19.3 Å². The Hall–Kier alpha value is -1.03. The van der Waals surface area contributed by atoms with E-state index in [1.165, 1.54) is 0 Å². The highest BCUT2D eigenvalue weighted by atomic mass is 19.4. The number of rotatable bonds is 4. The van der Waals surface area contributed by atoms with E-state index in [0.29, 0.717) is 26.3 Å². The van der Waals surface area contributed by atoms with Gasteiger partial charge in [0.25, 0.3) is 5.41 Å². The Labute approximate surface area is 117 Å². The molecular weight excluding hydrogens is 308 g/mol. The monoisotopic (exact) mass is 323 g/mol. The molecule has 1 heterocycles. The summed E-state index contributed by atoms with van der Waals surface area (Å²) in [6, 6.07) is 0. The molecule has 1 rings (SSSR count). The average molecular weight is 323 g/mol. The zero-order valence-electron chi connectivity index (χ0n) is 11.2. The van der Waals surface area contributed by atoms with Gasteiger partial charge in [-0.3, -0.25) is 9.69 Å². The highest BCUT2D eigenvalue weighted by Gasteiger charge is 2.73. The van der Waals surface area contributed by atoms with Crippen LogP contribution in [0.15, 0.2) is 0 Å². The van der Waals surface area contributed by atoms with Crippen molar-refractivity contribution in [1.82, 2.24) is 4.90 Å². The first-order chi connectivity index (χ1) is 9.50. The number of hydrogen-bond acceptors (Lipinski definition) is 4. The van der Waals surface area contributed by atoms with Gasteiger partial charge in [0.1, 0.15) is 6.61 Å². The van der Waals surface area contributed by atoms with E-state index in [1.807, 2.05) is 0 Å². The molecule has 0 aliphatic carbocycles. The number of ether oxygens (including phenoxy) is 2. The van der Waals surface area contributed by atoms with Gasteiger partial charge in [0.2, 0.25) is 0 Å². The molecule has 0 aromatic carbocycles. The maximum atomic E-state index is 12.6. The summed E-state index contributed by atoms with van der Waals surface area (Å²) in [5.41, 5.74) is -4.52. The first kappa shape index (κ1) is 18.0. The lowest BCUT2D eigenvalue weighted by Gasteiger charge is -2.32. The highest BCUT2D eigenvalue weighted by molar-refractivity contribution is 5.78. The van der Waals surface area contributed by atoms with Crippen LogP contribution in [-0.2, 0) is 14.3 Å². The van der Waals surface area contributed by atoms with E-state index in [9.17, 15) is 31.1 Å². The van der Waals surface area contributed by atoms with E-state index in [1.54, 1.807) is 4.90 Å². The average Bonchev–Trinajstić information content (AvgIpc) is 2.36.